The number of hydrogen-bond acceptors (Lipinski definition) is 6. The van der Waals surface area contributed by atoms with Gasteiger partial charge in [-0.25, -0.2) is 18.1 Å². The third-order valence-corrected chi connectivity index (χ3v) is 6.10. The summed E-state index contributed by atoms with van der Waals surface area (Å²) < 4.78 is 39.5. The van der Waals surface area contributed by atoms with Gasteiger partial charge in [-0.1, -0.05) is 0 Å². The maximum Gasteiger partial charge on any atom is 0.240 e. The molecule has 1 aliphatic rings. The largest absolute Gasteiger partial charge is 0.494 e. The number of aryl methyl sites for hydroxylation is 1. The highest BCUT2D eigenvalue weighted by Gasteiger charge is 2.27. The van der Waals surface area contributed by atoms with Gasteiger partial charge >= 0.3 is 0 Å². The van der Waals surface area contributed by atoms with Gasteiger partial charge in [-0.3, -0.25) is 4.98 Å². The molecule has 3 rings (SSSR count). The monoisotopic (exact) mass is 391 g/mol. The van der Waals surface area contributed by atoms with E-state index in [4.69, 9.17) is 9.47 Å². The van der Waals surface area contributed by atoms with Crippen molar-refractivity contribution >= 4 is 10.0 Å². The summed E-state index contributed by atoms with van der Waals surface area (Å²) in [5.41, 5.74) is 0.806. The SMILES string of the molecule is CCOc1ccc(S(=O)(=O)NC2CCC(Oc3cnccn3)CC2)cc1C. The van der Waals surface area contributed by atoms with Crippen LogP contribution in [0, 0.1) is 6.92 Å². The summed E-state index contributed by atoms with van der Waals surface area (Å²) in [7, 11) is -3.56. The first-order chi connectivity index (χ1) is 13.0. The zero-order chi connectivity index (χ0) is 19.3. The van der Waals surface area contributed by atoms with Crippen LogP contribution in [0.2, 0.25) is 0 Å². The summed E-state index contributed by atoms with van der Waals surface area (Å²) in [4.78, 5) is 8.36. The summed E-state index contributed by atoms with van der Waals surface area (Å²) in [5.74, 6) is 1.21. The molecule has 0 spiro atoms. The number of hydrogen-bond donors (Lipinski definition) is 1. The van der Waals surface area contributed by atoms with Gasteiger partial charge < -0.3 is 9.47 Å². The van der Waals surface area contributed by atoms with Gasteiger partial charge in [0.25, 0.3) is 0 Å². The van der Waals surface area contributed by atoms with Crippen LogP contribution in [0.4, 0.5) is 0 Å². The third-order valence-electron chi connectivity index (χ3n) is 4.58. The maximum absolute atomic E-state index is 12.7. The molecular weight excluding hydrogens is 366 g/mol. The van der Waals surface area contributed by atoms with Crippen molar-refractivity contribution in [2.75, 3.05) is 6.61 Å². The second kappa shape index (κ2) is 8.67. The van der Waals surface area contributed by atoms with Crippen molar-refractivity contribution in [1.29, 1.82) is 0 Å². The fourth-order valence-electron chi connectivity index (χ4n) is 3.21. The molecule has 0 bridgehead atoms. The maximum atomic E-state index is 12.7. The van der Waals surface area contributed by atoms with Gasteiger partial charge in [0.2, 0.25) is 15.9 Å². The van der Waals surface area contributed by atoms with E-state index < -0.39 is 10.0 Å². The van der Waals surface area contributed by atoms with Gasteiger partial charge in [-0.15, -0.1) is 0 Å². The zero-order valence-corrected chi connectivity index (χ0v) is 16.4. The van der Waals surface area contributed by atoms with E-state index >= 15 is 0 Å². The molecule has 146 valence electrons. The highest BCUT2D eigenvalue weighted by Crippen LogP contribution is 2.25. The normalized spacial score (nSPS) is 20.2. The summed E-state index contributed by atoms with van der Waals surface area (Å²) in [6, 6.07) is 4.85. The Bertz CT molecular complexity index is 851. The molecule has 1 aliphatic carbocycles. The standard InChI is InChI=1S/C19H25N3O4S/c1-3-25-18-9-8-17(12-14(18)2)27(23,24)22-15-4-6-16(7-5-15)26-19-13-20-10-11-21-19/h8-13,15-16,22H,3-7H2,1-2H3. The number of sulfonamides is 1. The molecule has 0 amide bonds. The minimum absolute atomic E-state index is 0.0372. The van der Waals surface area contributed by atoms with Crippen LogP contribution in [-0.4, -0.2) is 37.1 Å². The molecule has 27 heavy (non-hydrogen) atoms. The average Bonchev–Trinajstić information content (AvgIpc) is 2.66. The van der Waals surface area contributed by atoms with E-state index in [9.17, 15) is 8.42 Å². The number of benzene rings is 1. The number of ether oxygens (including phenoxy) is 2. The Kier molecular flexibility index (Phi) is 6.28. The first-order valence-electron chi connectivity index (χ1n) is 9.16. The van der Waals surface area contributed by atoms with E-state index in [1.165, 1.54) is 0 Å². The Labute approximate surface area is 160 Å². The Balaban J connectivity index is 1.57. The molecule has 0 aliphatic heterocycles. The second-order valence-corrected chi connectivity index (χ2v) is 8.33. The molecule has 1 N–H and O–H groups in total. The van der Waals surface area contributed by atoms with Crippen LogP contribution in [-0.2, 0) is 10.0 Å². The fourth-order valence-corrected chi connectivity index (χ4v) is 4.60. The molecule has 7 nitrogen and oxygen atoms in total. The minimum atomic E-state index is -3.56. The highest BCUT2D eigenvalue weighted by atomic mass is 32.2. The first-order valence-corrected chi connectivity index (χ1v) is 10.6. The highest BCUT2D eigenvalue weighted by molar-refractivity contribution is 7.89. The molecule has 1 aromatic carbocycles. The van der Waals surface area contributed by atoms with Crippen molar-refractivity contribution in [3.63, 3.8) is 0 Å². The van der Waals surface area contributed by atoms with Crippen LogP contribution in [0.5, 0.6) is 11.6 Å². The quantitative estimate of drug-likeness (QED) is 0.780. The molecule has 1 heterocycles. The van der Waals surface area contributed by atoms with Crippen LogP contribution in [0.15, 0.2) is 41.7 Å². The smallest absolute Gasteiger partial charge is 0.240 e. The number of nitrogens with zero attached hydrogens (tertiary/aromatic N) is 2. The zero-order valence-electron chi connectivity index (χ0n) is 15.6. The summed E-state index contributed by atoms with van der Waals surface area (Å²) in [5, 5.41) is 0. The third kappa shape index (κ3) is 5.17. The lowest BCUT2D eigenvalue weighted by Gasteiger charge is -2.29. The van der Waals surface area contributed by atoms with E-state index in [0.29, 0.717) is 18.2 Å². The molecule has 0 radical (unpaired) electrons. The Hall–Kier alpha value is -2.19. The fraction of sp³-hybridized carbons (Fsp3) is 0.474. The molecular formula is C19H25N3O4S. The van der Waals surface area contributed by atoms with Crippen LogP contribution in [0.1, 0.15) is 38.2 Å². The molecule has 0 unspecified atom stereocenters. The van der Waals surface area contributed by atoms with Gasteiger partial charge in [-0.05, 0) is 63.3 Å². The van der Waals surface area contributed by atoms with E-state index in [0.717, 1.165) is 31.2 Å². The summed E-state index contributed by atoms with van der Waals surface area (Å²) in [6.07, 6.45) is 7.80. The van der Waals surface area contributed by atoms with Gasteiger partial charge in [0.15, 0.2) is 0 Å². The molecule has 0 saturated heterocycles. The number of rotatable bonds is 7. The predicted molar refractivity (Wildman–Crippen MR) is 101 cm³/mol. The van der Waals surface area contributed by atoms with Gasteiger partial charge in [0.1, 0.15) is 11.9 Å². The van der Waals surface area contributed by atoms with Gasteiger partial charge in [0.05, 0.1) is 17.7 Å². The van der Waals surface area contributed by atoms with Crippen molar-refractivity contribution in [1.82, 2.24) is 14.7 Å². The average molecular weight is 391 g/mol. The van der Waals surface area contributed by atoms with E-state index in [1.54, 1.807) is 36.8 Å². The molecule has 0 atom stereocenters. The lowest BCUT2D eigenvalue weighted by molar-refractivity contribution is 0.138. The van der Waals surface area contributed by atoms with Crippen LogP contribution in [0.3, 0.4) is 0 Å². The molecule has 2 aromatic rings. The Morgan fingerprint density at radius 3 is 2.59 bits per heavy atom. The van der Waals surface area contributed by atoms with E-state index in [1.807, 2.05) is 13.8 Å². The molecule has 1 saturated carbocycles. The van der Waals surface area contributed by atoms with Gasteiger partial charge in [0, 0.05) is 18.4 Å². The van der Waals surface area contributed by atoms with Gasteiger partial charge in [-0.2, -0.15) is 0 Å². The molecule has 1 aromatic heterocycles. The van der Waals surface area contributed by atoms with Crippen LogP contribution < -0.4 is 14.2 Å². The van der Waals surface area contributed by atoms with Crippen LogP contribution in [0.25, 0.3) is 0 Å². The topological polar surface area (TPSA) is 90.4 Å². The minimum Gasteiger partial charge on any atom is -0.494 e. The van der Waals surface area contributed by atoms with Crippen molar-refractivity contribution in [2.45, 2.75) is 56.6 Å². The number of nitrogens with one attached hydrogen (secondary N) is 1. The van der Waals surface area contributed by atoms with E-state index in [-0.39, 0.29) is 17.0 Å². The first kappa shape index (κ1) is 19.6. The lowest BCUT2D eigenvalue weighted by Crippen LogP contribution is -2.39. The summed E-state index contributed by atoms with van der Waals surface area (Å²) >= 11 is 0. The number of aromatic nitrogens is 2. The van der Waals surface area contributed by atoms with Crippen molar-refractivity contribution in [3.8, 4) is 11.6 Å². The second-order valence-electron chi connectivity index (χ2n) is 6.62. The van der Waals surface area contributed by atoms with Crippen molar-refractivity contribution in [3.05, 3.63) is 42.4 Å². The van der Waals surface area contributed by atoms with Crippen LogP contribution >= 0.6 is 0 Å². The van der Waals surface area contributed by atoms with Crippen molar-refractivity contribution < 1.29 is 17.9 Å². The Morgan fingerprint density at radius 1 is 1.19 bits per heavy atom. The molecule has 1 fully saturated rings. The van der Waals surface area contributed by atoms with Crippen molar-refractivity contribution in [2.24, 2.45) is 0 Å². The summed E-state index contributed by atoms with van der Waals surface area (Å²) in [6.45, 7) is 4.29. The molecule has 8 heteroatoms. The Morgan fingerprint density at radius 2 is 1.96 bits per heavy atom. The predicted octanol–water partition coefficient (Wildman–Crippen LogP) is 2.85. The van der Waals surface area contributed by atoms with E-state index in [2.05, 4.69) is 14.7 Å². The lowest BCUT2D eigenvalue weighted by atomic mass is 9.94.